The zero-order chi connectivity index (χ0) is 24.2. The Bertz CT molecular complexity index is 1430. The Balaban J connectivity index is 1.62. The molecule has 1 aromatic heterocycles. The molecule has 0 amide bonds. The fraction of sp³-hybridized carbons (Fsp3) is 0.250. The van der Waals surface area contributed by atoms with Gasteiger partial charge in [-0.2, -0.15) is 5.10 Å². The zero-order valence-corrected chi connectivity index (χ0v) is 19.3. The highest BCUT2D eigenvalue weighted by Crippen LogP contribution is 2.54. The van der Waals surface area contributed by atoms with Gasteiger partial charge >= 0.3 is 0 Å². The molecule has 34 heavy (non-hydrogen) atoms. The molecular weight excluding hydrogens is 462 g/mol. The summed E-state index contributed by atoms with van der Waals surface area (Å²) in [6.45, 7) is 1.66. The minimum Gasteiger partial charge on any atom is -0.507 e. The lowest BCUT2D eigenvalue weighted by molar-refractivity contribution is -0.118. The largest absolute Gasteiger partial charge is 0.507 e. The number of aromatic amines is 1. The first-order valence-corrected chi connectivity index (χ1v) is 10.8. The van der Waals surface area contributed by atoms with Gasteiger partial charge in [-0.15, -0.1) is 0 Å². The summed E-state index contributed by atoms with van der Waals surface area (Å²) in [7, 11) is 2.83. The van der Waals surface area contributed by atoms with Crippen LogP contribution in [0.25, 0.3) is 10.9 Å². The molecule has 3 aromatic rings. The summed E-state index contributed by atoms with van der Waals surface area (Å²) in [5.41, 5.74) is -0.552. The van der Waals surface area contributed by atoms with Gasteiger partial charge in [0.1, 0.15) is 22.1 Å². The fourth-order valence-corrected chi connectivity index (χ4v) is 4.72. The van der Waals surface area contributed by atoms with Gasteiger partial charge < -0.3 is 19.3 Å². The minimum absolute atomic E-state index is 0.0385. The van der Waals surface area contributed by atoms with Crippen molar-refractivity contribution in [3.05, 3.63) is 52.4 Å². The van der Waals surface area contributed by atoms with Gasteiger partial charge in [0.05, 0.1) is 37.2 Å². The summed E-state index contributed by atoms with van der Waals surface area (Å²) in [6.07, 6.45) is 2.89. The number of carbonyl (C=O) groups excluding carboxylic acids is 2. The van der Waals surface area contributed by atoms with Crippen LogP contribution < -0.4 is 14.2 Å². The number of aromatic nitrogens is 2. The molecule has 174 valence electrons. The average Bonchev–Trinajstić information content (AvgIpc) is 3.41. The Morgan fingerprint density at radius 3 is 2.76 bits per heavy atom. The van der Waals surface area contributed by atoms with Gasteiger partial charge in [-0.3, -0.25) is 19.7 Å². The van der Waals surface area contributed by atoms with E-state index >= 15 is 0 Å². The summed E-state index contributed by atoms with van der Waals surface area (Å²) >= 11 is 6.43. The van der Waals surface area contributed by atoms with E-state index in [0.29, 0.717) is 5.69 Å². The molecule has 5 rings (SSSR count). The topological polar surface area (TPSA) is 123 Å². The van der Waals surface area contributed by atoms with Gasteiger partial charge in [0.15, 0.2) is 17.3 Å². The average molecular weight is 482 g/mol. The van der Waals surface area contributed by atoms with E-state index in [1.165, 1.54) is 26.5 Å². The predicted molar refractivity (Wildman–Crippen MR) is 125 cm³/mol. The normalized spacial score (nSPS) is 22.1. The van der Waals surface area contributed by atoms with Crippen molar-refractivity contribution in [1.29, 1.82) is 0 Å². The molecule has 1 spiro atoms. The molecule has 0 bridgehead atoms. The molecular formula is C24H20ClN3O6. The summed E-state index contributed by atoms with van der Waals surface area (Å²) in [5.74, 6) is -1.61. The number of hydrogen-bond donors (Lipinski definition) is 2. The molecule has 0 saturated carbocycles. The number of carbonyl (C=O) groups is 2. The first kappa shape index (κ1) is 22.0. The van der Waals surface area contributed by atoms with Gasteiger partial charge in [0.2, 0.25) is 11.4 Å². The smallest absolute Gasteiger partial charge is 0.231 e. The predicted octanol–water partition coefficient (Wildman–Crippen LogP) is 4.37. The Labute approximate surface area is 199 Å². The van der Waals surface area contributed by atoms with E-state index in [0.717, 1.165) is 10.9 Å². The van der Waals surface area contributed by atoms with Crippen molar-refractivity contribution in [2.24, 2.45) is 10.9 Å². The third kappa shape index (κ3) is 3.00. The second-order valence-electron chi connectivity index (χ2n) is 8.16. The van der Waals surface area contributed by atoms with Crippen molar-refractivity contribution in [1.82, 2.24) is 10.2 Å². The van der Waals surface area contributed by atoms with Crippen LogP contribution in [-0.4, -0.2) is 52.9 Å². The number of Topliss-reactive ketones (excluding diaryl/α,β-unsaturated/α-hetero) is 2. The number of methoxy groups -OCH3 is 2. The molecule has 2 aromatic carbocycles. The molecule has 2 aliphatic rings. The van der Waals surface area contributed by atoms with Crippen LogP contribution in [-0.2, 0) is 4.79 Å². The van der Waals surface area contributed by atoms with Crippen molar-refractivity contribution in [2.45, 2.75) is 18.9 Å². The van der Waals surface area contributed by atoms with E-state index in [-0.39, 0.29) is 45.6 Å². The lowest BCUT2D eigenvalue weighted by Gasteiger charge is -2.36. The SMILES string of the molecule is COc1cc(OC)c2c(c1Cl)OC1(C2=O)C(O)=C(C=Nc2ccc3cn[nH]c3c2)C(=O)CC1C. The van der Waals surface area contributed by atoms with Crippen LogP contribution in [0.3, 0.4) is 0 Å². The molecule has 2 atom stereocenters. The summed E-state index contributed by atoms with van der Waals surface area (Å²) < 4.78 is 16.7. The number of aliphatic imine (C=N–C) groups is 1. The zero-order valence-electron chi connectivity index (χ0n) is 18.5. The summed E-state index contributed by atoms with van der Waals surface area (Å²) in [5, 5.41) is 19.1. The lowest BCUT2D eigenvalue weighted by atomic mass is 9.73. The number of nitrogens with zero attached hydrogens (tertiary/aromatic N) is 2. The number of ketones is 2. The van der Waals surface area contributed by atoms with Crippen molar-refractivity contribution in [2.75, 3.05) is 14.2 Å². The molecule has 0 saturated heterocycles. The van der Waals surface area contributed by atoms with Crippen LogP contribution in [0.2, 0.25) is 5.02 Å². The molecule has 0 fully saturated rings. The Morgan fingerprint density at radius 1 is 1.26 bits per heavy atom. The number of halogens is 1. The standard InChI is InChI=1S/C24H20ClN3O6/c1-11-6-16(29)14(10-26-13-5-4-12-9-27-28-15(12)7-13)22(30)24(11)23(31)19-17(32-2)8-18(33-3)20(25)21(19)34-24/h4-5,7-11,30H,6H2,1-3H3,(H,27,28). The number of nitrogens with one attached hydrogen (secondary N) is 1. The highest BCUT2D eigenvalue weighted by atomic mass is 35.5. The monoisotopic (exact) mass is 481 g/mol. The molecule has 10 heteroatoms. The highest BCUT2D eigenvalue weighted by Gasteiger charge is 2.60. The van der Waals surface area contributed by atoms with Crippen LogP contribution in [0.5, 0.6) is 17.2 Å². The second kappa shape index (κ2) is 7.88. The molecule has 2 N–H and O–H groups in total. The van der Waals surface area contributed by atoms with Crippen molar-refractivity contribution >= 4 is 46.0 Å². The van der Waals surface area contributed by atoms with Crippen LogP contribution in [0.4, 0.5) is 5.69 Å². The highest BCUT2D eigenvalue weighted by molar-refractivity contribution is 6.35. The van der Waals surface area contributed by atoms with E-state index in [1.54, 1.807) is 25.3 Å². The first-order valence-electron chi connectivity index (χ1n) is 10.4. The quantitative estimate of drug-likeness (QED) is 0.530. The number of allylic oxidation sites excluding steroid dienone is 1. The maximum absolute atomic E-state index is 13.7. The minimum atomic E-state index is -1.84. The van der Waals surface area contributed by atoms with E-state index in [9.17, 15) is 14.7 Å². The van der Waals surface area contributed by atoms with Gasteiger partial charge in [-0.1, -0.05) is 18.5 Å². The number of aliphatic hydroxyl groups is 1. The van der Waals surface area contributed by atoms with Gasteiger partial charge in [0, 0.05) is 30.0 Å². The molecule has 9 nitrogen and oxygen atoms in total. The lowest BCUT2D eigenvalue weighted by Crippen LogP contribution is -2.52. The number of ether oxygens (including phenoxy) is 3. The number of H-pyrrole nitrogens is 1. The molecule has 1 aliphatic carbocycles. The maximum atomic E-state index is 13.7. The number of benzene rings is 2. The molecule has 2 unspecified atom stereocenters. The molecule has 1 aliphatic heterocycles. The summed E-state index contributed by atoms with van der Waals surface area (Å²) in [6, 6.07) is 6.82. The van der Waals surface area contributed by atoms with E-state index < -0.39 is 23.1 Å². The molecule has 0 radical (unpaired) electrons. The van der Waals surface area contributed by atoms with Gasteiger partial charge in [-0.05, 0) is 18.2 Å². The third-order valence-electron chi connectivity index (χ3n) is 6.28. The third-order valence-corrected chi connectivity index (χ3v) is 6.64. The Hall–Kier alpha value is -3.85. The second-order valence-corrected chi connectivity index (χ2v) is 8.53. The first-order chi connectivity index (χ1) is 16.3. The van der Waals surface area contributed by atoms with Crippen LogP contribution in [0, 0.1) is 5.92 Å². The van der Waals surface area contributed by atoms with Crippen molar-refractivity contribution < 1.29 is 28.9 Å². The Kier molecular flexibility index (Phi) is 5.09. The van der Waals surface area contributed by atoms with Gasteiger partial charge in [-0.25, -0.2) is 0 Å². The number of rotatable bonds is 4. The Morgan fingerprint density at radius 2 is 2.03 bits per heavy atom. The van der Waals surface area contributed by atoms with Crippen molar-refractivity contribution in [3.63, 3.8) is 0 Å². The summed E-state index contributed by atoms with van der Waals surface area (Å²) in [4.78, 5) is 30.9. The van der Waals surface area contributed by atoms with Crippen molar-refractivity contribution in [3.8, 4) is 17.2 Å². The number of fused-ring (bicyclic) bond motifs is 2. The van der Waals surface area contributed by atoms with E-state index in [2.05, 4.69) is 15.2 Å². The fourth-order valence-electron chi connectivity index (χ4n) is 4.46. The van der Waals surface area contributed by atoms with Gasteiger partial charge in [0.25, 0.3) is 0 Å². The van der Waals surface area contributed by atoms with Crippen LogP contribution in [0.15, 0.2) is 46.8 Å². The van der Waals surface area contributed by atoms with E-state index in [1.807, 2.05) is 6.07 Å². The van der Waals surface area contributed by atoms with E-state index in [4.69, 9.17) is 25.8 Å². The van der Waals surface area contributed by atoms with Crippen LogP contribution >= 0.6 is 11.6 Å². The number of aliphatic hydroxyl groups excluding tert-OH is 1. The number of hydrogen-bond acceptors (Lipinski definition) is 8. The molecule has 2 heterocycles. The maximum Gasteiger partial charge on any atom is 0.231 e. The van der Waals surface area contributed by atoms with Crippen LogP contribution in [0.1, 0.15) is 23.7 Å².